The van der Waals surface area contributed by atoms with E-state index in [-0.39, 0.29) is 5.91 Å². The molecule has 1 N–H and O–H groups in total. The standard InChI is InChI=1S/C21H19N5OS/c1-3-18-23-24-21(28-18)22-20(27)17-13-26(16-7-5-4-6-8-16)25-19(17)15-11-9-14(2)10-12-15/h4-13H,3H2,1-2H3,(H,22,24,27). The Hall–Kier alpha value is -3.32. The molecule has 0 radical (unpaired) electrons. The zero-order valence-corrected chi connectivity index (χ0v) is 16.4. The number of nitrogens with zero attached hydrogens (tertiary/aromatic N) is 4. The summed E-state index contributed by atoms with van der Waals surface area (Å²) < 4.78 is 1.72. The number of aromatic nitrogens is 4. The second-order valence-electron chi connectivity index (χ2n) is 6.35. The number of rotatable bonds is 5. The summed E-state index contributed by atoms with van der Waals surface area (Å²) in [5, 5.41) is 17.0. The lowest BCUT2D eigenvalue weighted by molar-refractivity contribution is 0.102. The minimum Gasteiger partial charge on any atom is -0.296 e. The predicted octanol–water partition coefficient (Wildman–Crippen LogP) is 4.51. The maximum absolute atomic E-state index is 13.0. The van der Waals surface area contributed by atoms with Crippen molar-refractivity contribution < 1.29 is 4.79 Å². The van der Waals surface area contributed by atoms with Crippen molar-refractivity contribution in [3.8, 4) is 16.9 Å². The van der Waals surface area contributed by atoms with Gasteiger partial charge in [0.25, 0.3) is 5.91 Å². The Morgan fingerprint density at radius 2 is 1.82 bits per heavy atom. The molecular weight excluding hydrogens is 370 g/mol. The van der Waals surface area contributed by atoms with Crippen molar-refractivity contribution in [1.29, 1.82) is 0 Å². The van der Waals surface area contributed by atoms with E-state index in [1.54, 1.807) is 10.9 Å². The first-order valence-electron chi connectivity index (χ1n) is 9.00. The third kappa shape index (κ3) is 3.70. The van der Waals surface area contributed by atoms with Gasteiger partial charge in [-0.3, -0.25) is 10.1 Å². The number of nitrogens with one attached hydrogen (secondary N) is 1. The molecule has 0 bridgehead atoms. The molecule has 0 unspecified atom stereocenters. The minimum absolute atomic E-state index is 0.253. The van der Waals surface area contributed by atoms with Crippen molar-refractivity contribution in [2.24, 2.45) is 0 Å². The third-order valence-corrected chi connectivity index (χ3v) is 5.28. The van der Waals surface area contributed by atoms with Crippen LogP contribution in [-0.4, -0.2) is 25.9 Å². The molecule has 0 aliphatic carbocycles. The van der Waals surface area contributed by atoms with Crippen molar-refractivity contribution in [2.45, 2.75) is 20.3 Å². The molecule has 6 nitrogen and oxygen atoms in total. The minimum atomic E-state index is -0.253. The Labute approximate surface area is 166 Å². The smallest absolute Gasteiger partial charge is 0.261 e. The number of hydrogen-bond acceptors (Lipinski definition) is 5. The Morgan fingerprint density at radius 3 is 2.50 bits per heavy atom. The molecule has 2 heterocycles. The van der Waals surface area contributed by atoms with E-state index in [0.717, 1.165) is 28.2 Å². The van der Waals surface area contributed by atoms with Crippen molar-refractivity contribution in [3.05, 3.63) is 76.9 Å². The summed E-state index contributed by atoms with van der Waals surface area (Å²) in [5.74, 6) is -0.253. The summed E-state index contributed by atoms with van der Waals surface area (Å²) in [5.41, 5.74) is 4.04. The van der Waals surface area contributed by atoms with Crippen LogP contribution >= 0.6 is 11.3 Å². The van der Waals surface area contributed by atoms with Gasteiger partial charge < -0.3 is 0 Å². The SMILES string of the molecule is CCc1nnc(NC(=O)c2cn(-c3ccccc3)nc2-c2ccc(C)cc2)s1. The van der Waals surface area contributed by atoms with Crippen LogP contribution in [0.15, 0.2) is 60.8 Å². The molecule has 0 saturated heterocycles. The van der Waals surface area contributed by atoms with Crippen molar-refractivity contribution in [3.63, 3.8) is 0 Å². The average molecular weight is 389 g/mol. The first-order valence-corrected chi connectivity index (χ1v) is 9.81. The number of anilines is 1. The fourth-order valence-corrected chi connectivity index (χ4v) is 3.46. The van der Waals surface area contributed by atoms with Gasteiger partial charge in [-0.15, -0.1) is 10.2 Å². The van der Waals surface area contributed by atoms with E-state index in [1.165, 1.54) is 11.3 Å². The second-order valence-corrected chi connectivity index (χ2v) is 7.41. The quantitative estimate of drug-likeness (QED) is 0.545. The van der Waals surface area contributed by atoms with E-state index < -0.39 is 0 Å². The van der Waals surface area contributed by atoms with Crippen LogP contribution in [0.4, 0.5) is 5.13 Å². The van der Waals surface area contributed by atoms with Crippen LogP contribution in [0.2, 0.25) is 0 Å². The Morgan fingerprint density at radius 1 is 1.07 bits per heavy atom. The Bertz CT molecular complexity index is 1100. The molecular formula is C21H19N5OS. The summed E-state index contributed by atoms with van der Waals surface area (Å²) in [7, 11) is 0. The van der Waals surface area contributed by atoms with E-state index in [1.807, 2.05) is 68.4 Å². The van der Waals surface area contributed by atoms with Gasteiger partial charge in [-0.25, -0.2) is 4.68 Å². The monoisotopic (exact) mass is 389 g/mol. The van der Waals surface area contributed by atoms with Gasteiger partial charge in [0.15, 0.2) is 0 Å². The van der Waals surface area contributed by atoms with Crippen LogP contribution in [0.1, 0.15) is 27.9 Å². The van der Waals surface area contributed by atoms with E-state index in [9.17, 15) is 4.79 Å². The lowest BCUT2D eigenvalue weighted by Gasteiger charge is -2.03. The molecule has 7 heteroatoms. The van der Waals surface area contributed by atoms with Gasteiger partial charge in [0, 0.05) is 11.8 Å². The number of amides is 1. The Kier molecular flexibility index (Phi) is 4.99. The van der Waals surface area contributed by atoms with E-state index in [4.69, 9.17) is 0 Å². The lowest BCUT2D eigenvalue weighted by atomic mass is 10.1. The molecule has 4 aromatic rings. The van der Waals surface area contributed by atoms with Crippen LogP contribution in [0, 0.1) is 6.92 Å². The number of hydrogen-bond donors (Lipinski definition) is 1. The summed E-state index contributed by atoms with van der Waals surface area (Å²) in [4.78, 5) is 13.0. The number of aryl methyl sites for hydroxylation is 2. The van der Waals surface area contributed by atoms with Gasteiger partial charge in [0.2, 0.25) is 5.13 Å². The zero-order chi connectivity index (χ0) is 19.5. The van der Waals surface area contributed by atoms with Crippen LogP contribution in [0.5, 0.6) is 0 Å². The third-order valence-electron chi connectivity index (χ3n) is 4.29. The predicted molar refractivity (Wildman–Crippen MR) is 111 cm³/mol. The zero-order valence-electron chi connectivity index (χ0n) is 15.6. The van der Waals surface area contributed by atoms with Crippen LogP contribution in [0.3, 0.4) is 0 Å². The molecule has 4 rings (SSSR count). The molecule has 0 fully saturated rings. The van der Waals surface area contributed by atoms with Crippen molar-refractivity contribution >= 4 is 22.4 Å². The molecule has 0 spiro atoms. The first kappa shape index (κ1) is 18.1. The highest BCUT2D eigenvalue weighted by molar-refractivity contribution is 7.15. The molecule has 0 aliphatic heterocycles. The molecule has 0 saturated carbocycles. The van der Waals surface area contributed by atoms with E-state index >= 15 is 0 Å². The molecule has 140 valence electrons. The summed E-state index contributed by atoms with van der Waals surface area (Å²) in [6, 6.07) is 17.7. The largest absolute Gasteiger partial charge is 0.296 e. The molecule has 0 aliphatic rings. The van der Waals surface area contributed by atoms with Crippen LogP contribution in [-0.2, 0) is 6.42 Å². The van der Waals surface area contributed by atoms with E-state index in [0.29, 0.717) is 16.4 Å². The summed E-state index contributed by atoms with van der Waals surface area (Å²) in [6.07, 6.45) is 2.54. The maximum atomic E-state index is 13.0. The fourth-order valence-electron chi connectivity index (χ4n) is 2.79. The molecule has 28 heavy (non-hydrogen) atoms. The molecule has 1 amide bonds. The van der Waals surface area contributed by atoms with Gasteiger partial charge in [-0.2, -0.15) is 5.10 Å². The fraction of sp³-hybridized carbons (Fsp3) is 0.143. The number of benzene rings is 2. The average Bonchev–Trinajstić information content (AvgIpc) is 3.36. The highest BCUT2D eigenvalue weighted by atomic mass is 32.1. The first-order chi connectivity index (χ1) is 13.6. The van der Waals surface area contributed by atoms with Crippen LogP contribution < -0.4 is 5.32 Å². The maximum Gasteiger partial charge on any atom is 0.261 e. The number of carbonyl (C=O) groups is 1. The molecule has 2 aromatic heterocycles. The second kappa shape index (κ2) is 7.74. The molecule has 0 atom stereocenters. The summed E-state index contributed by atoms with van der Waals surface area (Å²) in [6.45, 7) is 4.03. The van der Waals surface area contributed by atoms with Crippen molar-refractivity contribution in [1.82, 2.24) is 20.0 Å². The highest BCUT2D eigenvalue weighted by Crippen LogP contribution is 2.26. The van der Waals surface area contributed by atoms with Gasteiger partial charge in [-0.05, 0) is 25.5 Å². The lowest BCUT2D eigenvalue weighted by Crippen LogP contribution is -2.12. The van der Waals surface area contributed by atoms with E-state index in [2.05, 4.69) is 20.6 Å². The number of carbonyl (C=O) groups excluding carboxylic acids is 1. The summed E-state index contributed by atoms with van der Waals surface area (Å²) >= 11 is 1.38. The topological polar surface area (TPSA) is 72.7 Å². The Balaban J connectivity index is 1.74. The normalized spacial score (nSPS) is 10.8. The van der Waals surface area contributed by atoms with Gasteiger partial charge in [0.05, 0.1) is 11.3 Å². The highest BCUT2D eigenvalue weighted by Gasteiger charge is 2.20. The number of para-hydroxylation sites is 1. The molecule has 2 aromatic carbocycles. The van der Waals surface area contributed by atoms with Gasteiger partial charge in [0.1, 0.15) is 10.7 Å². The van der Waals surface area contributed by atoms with Gasteiger partial charge >= 0.3 is 0 Å². The van der Waals surface area contributed by atoms with Gasteiger partial charge in [-0.1, -0.05) is 66.3 Å². The van der Waals surface area contributed by atoms with Crippen molar-refractivity contribution in [2.75, 3.05) is 5.32 Å². The van der Waals surface area contributed by atoms with Crippen LogP contribution in [0.25, 0.3) is 16.9 Å².